The molecule has 2 heterocycles. The van der Waals surface area contributed by atoms with Crippen LogP contribution in [0.5, 0.6) is 0 Å². The zero-order chi connectivity index (χ0) is 12.8. The highest BCUT2D eigenvalue weighted by Gasteiger charge is 2.65. The molecule has 1 saturated heterocycles. The summed E-state index contributed by atoms with van der Waals surface area (Å²) in [6.07, 6.45) is 1.32. The Bertz CT molecular complexity index is 566. The lowest BCUT2D eigenvalue weighted by molar-refractivity contribution is -0.164. The average molecular weight is 249 g/mol. The van der Waals surface area contributed by atoms with E-state index in [-0.39, 0.29) is 5.76 Å². The predicted octanol–water partition coefficient (Wildman–Crippen LogP) is 3.00. The zero-order valence-corrected chi connectivity index (χ0v) is 9.22. The average Bonchev–Trinajstić information content (AvgIpc) is 2.89. The minimum atomic E-state index is -3.41. The van der Waals surface area contributed by atoms with Crippen molar-refractivity contribution in [2.24, 2.45) is 0 Å². The van der Waals surface area contributed by atoms with Crippen molar-refractivity contribution >= 4 is 11.6 Å². The first-order valence-electron chi connectivity index (χ1n) is 5.42. The van der Waals surface area contributed by atoms with Crippen molar-refractivity contribution in [3.63, 3.8) is 0 Å². The number of nitrogens with zero attached hydrogens (tertiary/aromatic N) is 1. The molecule has 1 fully saturated rings. The smallest absolute Gasteiger partial charge is 0.352 e. The summed E-state index contributed by atoms with van der Waals surface area (Å²) >= 11 is 0. The molecule has 1 aromatic heterocycles. The number of alkyl halides is 2. The predicted molar refractivity (Wildman–Crippen MR) is 60.3 cm³/mol. The van der Waals surface area contributed by atoms with Gasteiger partial charge in [0.15, 0.2) is 6.04 Å². The summed E-state index contributed by atoms with van der Waals surface area (Å²) in [5.41, 5.74) is 0.440. The van der Waals surface area contributed by atoms with Crippen LogP contribution in [0, 0.1) is 0 Å². The third-order valence-electron chi connectivity index (χ3n) is 2.95. The number of para-hydroxylation sites is 1. The molecule has 1 aromatic carbocycles. The van der Waals surface area contributed by atoms with Gasteiger partial charge in [0.25, 0.3) is 0 Å². The molecule has 0 bridgehead atoms. The minimum absolute atomic E-state index is 0.0865. The quantitative estimate of drug-likeness (QED) is 0.766. The van der Waals surface area contributed by atoms with E-state index < -0.39 is 17.9 Å². The van der Waals surface area contributed by atoms with Gasteiger partial charge in [-0.3, -0.25) is 9.69 Å². The van der Waals surface area contributed by atoms with Crippen LogP contribution in [0.4, 0.5) is 14.5 Å². The van der Waals surface area contributed by atoms with E-state index in [2.05, 4.69) is 0 Å². The molecule has 0 aliphatic carbocycles. The van der Waals surface area contributed by atoms with E-state index >= 15 is 0 Å². The fourth-order valence-corrected chi connectivity index (χ4v) is 2.10. The Kier molecular flexibility index (Phi) is 2.23. The topological polar surface area (TPSA) is 33.5 Å². The first-order valence-corrected chi connectivity index (χ1v) is 5.42. The molecule has 2 aromatic rings. The van der Waals surface area contributed by atoms with Crippen molar-refractivity contribution in [1.82, 2.24) is 0 Å². The Morgan fingerprint density at radius 3 is 2.44 bits per heavy atom. The number of hydrogen-bond donors (Lipinski definition) is 0. The number of hydrogen-bond acceptors (Lipinski definition) is 2. The number of amides is 1. The Morgan fingerprint density at radius 1 is 1.11 bits per heavy atom. The van der Waals surface area contributed by atoms with Crippen LogP contribution in [-0.4, -0.2) is 11.8 Å². The first kappa shape index (κ1) is 11.0. The van der Waals surface area contributed by atoms with Gasteiger partial charge in [-0.25, -0.2) is 0 Å². The van der Waals surface area contributed by atoms with Crippen LogP contribution in [-0.2, 0) is 4.79 Å². The molecule has 3 rings (SSSR count). The second-order valence-electron chi connectivity index (χ2n) is 4.05. The summed E-state index contributed by atoms with van der Waals surface area (Å²) in [4.78, 5) is 12.6. The van der Waals surface area contributed by atoms with Crippen LogP contribution >= 0.6 is 0 Å². The Labute approximate surface area is 102 Å². The van der Waals surface area contributed by atoms with Crippen LogP contribution in [0.2, 0.25) is 0 Å². The largest absolute Gasteiger partial charge is 0.467 e. The molecule has 1 aliphatic rings. The molecule has 1 atom stereocenters. The van der Waals surface area contributed by atoms with Crippen molar-refractivity contribution in [3.05, 3.63) is 54.5 Å². The lowest BCUT2D eigenvalue weighted by atomic mass is 9.93. The number of anilines is 1. The second kappa shape index (κ2) is 3.66. The number of carbonyl (C=O) groups excluding carboxylic acids is 1. The number of rotatable bonds is 2. The molecule has 5 heteroatoms. The van der Waals surface area contributed by atoms with Crippen molar-refractivity contribution in [2.75, 3.05) is 4.90 Å². The summed E-state index contributed by atoms with van der Waals surface area (Å²) in [6.45, 7) is 0. The maximum atomic E-state index is 13.6. The maximum absolute atomic E-state index is 13.6. The van der Waals surface area contributed by atoms with Crippen molar-refractivity contribution in [2.45, 2.75) is 12.0 Å². The van der Waals surface area contributed by atoms with Gasteiger partial charge in [-0.05, 0) is 24.3 Å². The second-order valence-corrected chi connectivity index (χ2v) is 4.05. The van der Waals surface area contributed by atoms with Crippen LogP contribution in [0.25, 0.3) is 0 Å². The molecular weight excluding hydrogens is 240 g/mol. The van der Waals surface area contributed by atoms with Crippen LogP contribution in [0.1, 0.15) is 11.8 Å². The lowest BCUT2D eigenvalue weighted by Gasteiger charge is -2.45. The summed E-state index contributed by atoms with van der Waals surface area (Å²) in [5.74, 6) is -4.52. The SMILES string of the molecule is O=C1N(c2ccccc2)C(c2ccco2)C1(F)F. The van der Waals surface area contributed by atoms with Crippen molar-refractivity contribution < 1.29 is 18.0 Å². The highest BCUT2D eigenvalue weighted by molar-refractivity contribution is 6.06. The van der Waals surface area contributed by atoms with E-state index in [0.717, 1.165) is 4.90 Å². The molecule has 0 spiro atoms. The minimum Gasteiger partial charge on any atom is -0.467 e. The van der Waals surface area contributed by atoms with Gasteiger partial charge in [0.2, 0.25) is 0 Å². The van der Waals surface area contributed by atoms with Gasteiger partial charge in [0.05, 0.1) is 6.26 Å². The number of β-lactam (4-membered cyclic amide) rings is 1. The van der Waals surface area contributed by atoms with E-state index in [1.165, 1.54) is 18.4 Å². The highest BCUT2D eigenvalue weighted by Crippen LogP contribution is 2.49. The van der Waals surface area contributed by atoms with Gasteiger partial charge in [0, 0.05) is 5.69 Å². The maximum Gasteiger partial charge on any atom is 0.352 e. The molecule has 92 valence electrons. The highest BCUT2D eigenvalue weighted by atomic mass is 19.3. The molecular formula is C13H9F2NO2. The number of benzene rings is 1. The Morgan fingerprint density at radius 2 is 1.83 bits per heavy atom. The van der Waals surface area contributed by atoms with Gasteiger partial charge in [-0.1, -0.05) is 18.2 Å². The summed E-state index contributed by atoms with van der Waals surface area (Å²) in [6, 6.07) is 9.98. The van der Waals surface area contributed by atoms with Gasteiger partial charge in [-0.15, -0.1) is 0 Å². The van der Waals surface area contributed by atoms with E-state index in [9.17, 15) is 13.6 Å². The van der Waals surface area contributed by atoms with Crippen LogP contribution < -0.4 is 4.90 Å². The van der Waals surface area contributed by atoms with E-state index in [0.29, 0.717) is 5.69 Å². The molecule has 3 nitrogen and oxygen atoms in total. The Hall–Kier alpha value is -2.17. The standard InChI is InChI=1S/C13H9F2NO2/c14-13(15)11(10-7-4-8-18-10)16(12(13)17)9-5-2-1-3-6-9/h1-8,11H. The first-order chi connectivity index (χ1) is 8.62. The molecule has 1 amide bonds. The fraction of sp³-hybridized carbons (Fsp3) is 0.154. The molecule has 1 unspecified atom stereocenters. The molecule has 1 aliphatic heterocycles. The van der Waals surface area contributed by atoms with E-state index in [1.54, 1.807) is 30.3 Å². The third-order valence-corrected chi connectivity index (χ3v) is 2.95. The van der Waals surface area contributed by atoms with Gasteiger partial charge in [-0.2, -0.15) is 8.78 Å². The van der Waals surface area contributed by atoms with Crippen LogP contribution in [0.15, 0.2) is 53.1 Å². The summed E-state index contributed by atoms with van der Waals surface area (Å²) in [7, 11) is 0. The van der Waals surface area contributed by atoms with Gasteiger partial charge >= 0.3 is 11.8 Å². The number of halogens is 2. The summed E-state index contributed by atoms with van der Waals surface area (Å²) < 4.78 is 32.3. The van der Waals surface area contributed by atoms with Crippen molar-refractivity contribution in [1.29, 1.82) is 0 Å². The molecule has 0 saturated carbocycles. The number of carbonyl (C=O) groups is 1. The third kappa shape index (κ3) is 1.37. The molecule has 18 heavy (non-hydrogen) atoms. The summed E-state index contributed by atoms with van der Waals surface area (Å²) in [5, 5.41) is 0. The fourth-order valence-electron chi connectivity index (χ4n) is 2.10. The molecule has 0 N–H and O–H groups in total. The van der Waals surface area contributed by atoms with Gasteiger partial charge < -0.3 is 4.42 Å². The monoisotopic (exact) mass is 249 g/mol. The van der Waals surface area contributed by atoms with Gasteiger partial charge in [0.1, 0.15) is 5.76 Å². The number of furan rings is 1. The molecule has 0 radical (unpaired) electrons. The normalized spacial score (nSPS) is 21.8. The van der Waals surface area contributed by atoms with E-state index in [1.807, 2.05) is 0 Å². The van der Waals surface area contributed by atoms with E-state index in [4.69, 9.17) is 4.42 Å². The van der Waals surface area contributed by atoms with Crippen molar-refractivity contribution in [3.8, 4) is 0 Å². The Balaban J connectivity index is 2.02. The zero-order valence-electron chi connectivity index (χ0n) is 9.22. The lowest BCUT2D eigenvalue weighted by Crippen LogP contribution is -2.64. The van der Waals surface area contributed by atoms with Crippen LogP contribution in [0.3, 0.4) is 0 Å².